The van der Waals surface area contributed by atoms with Crippen LogP contribution < -0.4 is 29.7 Å². The Morgan fingerprint density at radius 2 is 0.884 bits per heavy atom. The van der Waals surface area contributed by atoms with Gasteiger partial charge in [0.2, 0.25) is 0 Å². The maximum Gasteiger partial charge on any atom is 0.183 e. The smallest absolute Gasteiger partial charge is 0.144 e. The van der Waals surface area contributed by atoms with E-state index in [1.807, 2.05) is 10.4 Å². The molecule has 0 spiro atoms. The average Bonchev–Trinajstić information content (AvgIpc) is 3.63. The van der Waals surface area contributed by atoms with E-state index in [1.165, 1.54) is 64.2 Å². The minimum absolute atomic E-state index is 1.25. The molecule has 1 aliphatic heterocycles. The second-order valence-corrected chi connectivity index (χ2v) is 31.3. The van der Waals surface area contributed by atoms with Gasteiger partial charge in [0, 0.05) is 9.75 Å². The number of unbranched alkanes of at least 4 members (excludes halogenated alkanes) is 6. The third-order valence-corrected chi connectivity index (χ3v) is 24.5. The number of hydrogen-bond acceptors (Lipinski definition) is 2. The molecule has 4 aromatic rings. The molecule has 230 valence electrons. The van der Waals surface area contributed by atoms with Crippen molar-refractivity contribution in [1.29, 1.82) is 0 Å². The van der Waals surface area contributed by atoms with E-state index in [0.717, 1.165) is 0 Å². The molecule has 0 radical (unpaired) electrons. The first-order valence-electron chi connectivity index (χ1n) is 17.0. The zero-order valence-electron chi connectivity index (χ0n) is 28.2. The third kappa shape index (κ3) is 6.18. The summed E-state index contributed by atoms with van der Waals surface area (Å²) >= 11 is 4.48. The average molecular weight is 659 g/mol. The highest BCUT2D eigenvalue weighted by atomic mass is 32.1. The minimum Gasteiger partial charge on any atom is -0.144 e. The second kappa shape index (κ2) is 13.5. The van der Waals surface area contributed by atoms with Crippen molar-refractivity contribution in [3.05, 3.63) is 71.8 Å². The third-order valence-electron chi connectivity index (χ3n) is 9.31. The maximum absolute atomic E-state index is 2.60. The van der Waals surface area contributed by atoms with Crippen LogP contribution in [-0.2, 0) is 12.8 Å². The lowest BCUT2D eigenvalue weighted by Gasteiger charge is -2.34. The van der Waals surface area contributed by atoms with Gasteiger partial charge in [0.25, 0.3) is 0 Å². The van der Waals surface area contributed by atoms with Gasteiger partial charge < -0.3 is 0 Å². The molecule has 1 aliphatic rings. The molecule has 5 heteroatoms. The minimum atomic E-state index is -2.50. The van der Waals surface area contributed by atoms with Gasteiger partial charge in [0.05, 0.1) is 16.1 Å². The van der Waals surface area contributed by atoms with Crippen molar-refractivity contribution in [2.75, 3.05) is 0 Å². The molecule has 0 saturated heterocycles. The summed E-state index contributed by atoms with van der Waals surface area (Å²) in [5.41, 5.74) is 3.56. The van der Waals surface area contributed by atoms with E-state index in [0.29, 0.717) is 0 Å². The molecule has 0 aliphatic carbocycles. The molecular formula is C38H54S2Si3. The SMILES string of the molecule is CCCCCCc1c([Si](C)(C)C)sc2c1[Si](c1ccccc1)(c1ccccc1)c1c-2sc([Si](C)(C)C)c1CCCCCC. The van der Waals surface area contributed by atoms with Crippen molar-refractivity contribution >= 4 is 76.6 Å². The van der Waals surface area contributed by atoms with Gasteiger partial charge in [0.1, 0.15) is 0 Å². The Morgan fingerprint density at radius 1 is 0.512 bits per heavy atom. The summed E-state index contributed by atoms with van der Waals surface area (Å²) in [6, 6.07) is 23.8. The van der Waals surface area contributed by atoms with E-state index in [4.69, 9.17) is 0 Å². The van der Waals surface area contributed by atoms with E-state index in [1.54, 1.807) is 40.3 Å². The van der Waals surface area contributed by atoms with Crippen LogP contribution >= 0.6 is 22.7 Å². The highest BCUT2D eigenvalue weighted by Gasteiger charge is 2.55. The molecule has 0 nitrogen and oxygen atoms in total. The van der Waals surface area contributed by atoms with Crippen LogP contribution in [0.25, 0.3) is 9.75 Å². The Kier molecular flexibility index (Phi) is 10.3. The fraction of sp³-hybridized carbons (Fsp3) is 0.474. The lowest BCUT2D eigenvalue weighted by Crippen LogP contribution is -2.74. The molecule has 3 heterocycles. The van der Waals surface area contributed by atoms with Crippen LogP contribution in [0.1, 0.15) is 76.3 Å². The lowest BCUT2D eigenvalue weighted by molar-refractivity contribution is 0.669. The Bertz CT molecular complexity index is 1380. The summed E-state index contributed by atoms with van der Waals surface area (Å²) in [7, 11) is -5.59. The Hall–Kier alpha value is -1.51. The quantitative estimate of drug-likeness (QED) is 0.0829. The van der Waals surface area contributed by atoms with Crippen molar-refractivity contribution in [3.8, 4) is 9.75 Å². The van der Waals surface area contributed by atoms with Crippen molar-refractivity contribution < 1.29 is 0 Å². The highest BCUT2D eigenvalue weighted by molar-refractivity contribution is 7.41. The van der Waals surface area contributed by atoms with E-state index >= 15 is 0 Å². The molecular weight excluding hydrogens is 605 g/mol. The van der Waals surface area contributed by atoms with Gasteiger partial charge in [-0.3, -0.25) is 0 Å². The van der Waals surface area contributed by atoms with Crippen LogP contribution in [0.3, 0.4) is 0 Å². The molecule has 0 amide bonds. The molecule has 0 N–H and O–H groups in total. The Morgan fingerprint density at radius 3 is 1.21 bits per heavy atom. The number of rotatable bonds is 14. The number of hydrogen-bond donors (Lipinski definition) is 0. The van der Waals surface area contributed by atoms with Gasteiger partial charge in [-0.05, 0) is 66.6 Å². The van der Waals surface area contributed by atoms with Gasteiger partial charge in [-0.25, -0.2) is 0 Å². The summed E-state index contributed by atoms with van der Waals surface area (Å²) < 4.78 is 3.58. The molecule has 0 saturated carbocycles. The van der Waals surface area contributed by atoms with E-state index in [2.05, 4.69) is 136 Å². The zero-order valence-corrected chi connectivity index (χ0v) is 32.8. The van der Waals surface area contributed by atoms with Crippen molar-refractivity contribution in [2.24, 2.45) is 0 Å². The Balaban J connectivity index is 1.90. The van der Waals surface area contributed by atoms with Crippen LogP contribution in [0, 0.1) is 0 Å². The van der Waals surface area contributed by atoms with Gasteiger partial charge in [-0.15, -0.1) is 22.7 Å². The van der Waals surface area contributed by atoms with Crippen LogP contribution in [-0.4, -0.2) is 24.2 Å². The van der Waals surface area contributed by atoms with E-state index in [9.17, 15) is 0 Å². The van der Waals surface area contributed by atoms with Crippen LogP contribution in [0.5, 0.6) is 0 Å². The van der Waals surface area contributed by atoms with Crippen LogP contribution in [0.15, 0.2) is 60.7 Å². The summed E-state index contributed by atoms with van der Waals surface area (Å²) in [6.45, 7) is 20.3. The van der Waals surface area contributed by atoms with E-state index in [-0.39, 0.29) is 0 Å². The fourth-order valence-electron chi connectivity index (χ4n) is 7.43. The van der Waals surface area contributed by atoms with Crippen molar-refractivity contribution in [3.63, 3.8) is 0 Å². The summed E-state index contributed by atoms with van der Waals surface area (Å²) in [5, 5.41) is 6.82. The molecule has 5 rings (SSSR count). The first-order chi connectivity index (χ1) is 20.6. The normalized spacial score (nSPS) is 14.2. The highest BCUT2D eigenvalue weighted by Crippen LogP contribution is 2.40. The van der Waals surface area contributed by atoms with E-state index < -0.39 is 24.2 Å². The van der Waals surface area contributed by atoms with Gasteiger partial charge in [0.15, 0.2) is 8.07 Å². The predicted octanol–water partition coefficient (Wildman–Crippen LogP) is 8.50. The zero-order chi connectivity index (χ0) is 30.8. The standard InChI is InChI=1S/C38H54S2Si3/c1-9-11-13-21-27-31-35-33(39-37(31)41(3,4)5)34-36(32(28-22-14-12-10-2)38(40-34)42(6,7)8)43(35,29-23-17-15-18-24-29)30-25-19-16-20-26-30/h15-20,23-26H,9-14,21-22,27-28H2,1-8H3. The Labute approximate surface area is 274 Å². The molecule has 0 fully saturated rings. The van der Waals surface area contributed by atoms with Crippen LogP contribution in [0.2, 0.25) is 39.3 Å². The van der Waals surface area contributed by atoms with Crippen molar-refractivity contribution in [2.45, 2.75) is 117 Å². The second-order valence-electron chi connectivity index (χ2n) is 14.8. The first-order valence-corrected chi connectivity index (χ1v) is 27.6. The monoisotopic (exact) mass is 658 g/mol. The molecule has 0 unspecified atom stereocenters. The summed E-state index contributed by atoms with van der Waals surface area (Å²) in [4.78, 5) is 3.36. The molecule has 2 aromatic heterocycles. The number of benzene rings is 2. The molecule has 2 aromatic carbocycles. The summed E-state index contributed by atoms with van der Waals surface area (Å²) in [5.74, 6) is 0. The van der Waals surface area contributed by atoms with Gasteiger partial charge >= 0.3 is 0 Å². The molecule has 43 heavy (non-hydrogen) atoms. The van der Waals surface area contributed by atoms with Gasteiger partial charge in [-0.1, -0.05) is 152 Å². The van der Waals surface area contributed by atoms with Gasteiger partial charge in [-0.2, -0.15) is 0 Å². The number of fused-ring (bicyclic) bond motifs is 3. The largest absolute Gasteiger partial charge is 0.183 e. The first kappa shape index (κ1) is 32.9. The van der Waals surface area contributed by atoms with Crippen molar-refractivity contribution in [1.82, 2.24) is 0 Å². The molecule has 0 atom stereocenters. The number of thiophene rings is 2. The summed E-state index contributed by atoms with van der Waals surface area (Å²) in [6.07, 6.45) is 13.1. The van der Waals surface area contributed by atoms with Crippen LogP contribution in [0.4, 0.5) is 0 Å². The fourth-order valence-corrected chi connectivity index (χ4v) is 22.3. The molecule has 0 bridgehead atoms. The lowest BCUT2D eigenvalue weighted by atomic mass is 10.1. The topological polar surface area (TPSA) is 0 Å². The predicted molar refractivity (Wildman–Crippen MR) is 206 cm³/mol. The maximum atomic E-state index is 2.60.